The van der Waals surface area contributed by atoms with Gasteiger partial charge < -0.3 is 15.0 Å². The van der Waals surface area contributed by atoms with Gasteiger partial charge in [-0.1, -0.05) is 6.07 Å². The van der Waals surface area contributed by atoms with E-state index in [0.29, 0.717) is 11.4 Å². The fourth-order valence-corrected chi connectivity index (χ4v) is 5.07. The van der Waals surface area contributed by atoms with Crippen molar-refractivity contribution >= 4 is 32.5 Å². The average molecular weight is 428 g/mol. The summed E-state index contributed by atoms with van der Waals surface area (Å²) in [5.74, 6) is 0.186. The van der Waals surface area contributed by atoms with Crippen molar-refractivity contribution in [2.24, 2.45) is 0 Å². The monoisotopic (exact) mass is 427 g/mol. The van der Waals surface area contributed by atoms with Gasteiger partial charge in [-0.25, -0.2) is 8.42 Å². The summed E-state index contributed by atoms with van der Waals surface area (Å²) in [6.07, 6.45) is 4.21. The van der Waals surface area contributed by atoms with E-state index in [9.17, 15) is 13.2 Å². The smallest absolute Gasteiger partial charge is 0.243 e. The minimum atomic E-state index is -3.80. The summed E-state index contributed by atoms with van der Waals surface area (Å²) in [5, 5.41) is 3.67. The van der Waals surface area contributed by atoms with Crippen LogP contribution in [0.25, 0.3) is 10.9 Å². The van der Waals surface area contributed by atoms with Gasteiger partial charge in [0.15, 0.2) is 0 Å². The number of amides is 1. The van der Waals surface area contributed by atoms with Gasteiger partial charge in [0.2, 0.25) is 15.9 Å². The van der Waals surface area contributed by atoms with Gasteiger partial charge in [0.1, 0.15) is 5.75 Å². The lowest BCUT2D eigenvalue weighted by molar-refractivity contribution is -0.116. The van der Waals surface area contributed by atoms with E-state index < -0.39 is 15.9 Å². The first kappa shape index (κ1) is 20.4. The van der Waals surface area contributed by atoms with Crippen LogP contribution in [0.2, 0.25) is 0 Å². The second-order valence-electron chi connectivity index (χ2n) is 7.54. The topological polar surface area (TPSA) is 91.5 Å². The third-order valence-corrected chi connectivity index (χ3v) is 7.30. The van der Waals surface area contributed by atoms with Crippen molar-refractivity contribution in [1.29, 1.82) is 0 Å². The first-order valence-corrected chi connectivity index (χ1v) is 11.4. The zero-order valence-electron chi connectivity index (χ0n) is 17.1. The molecule has 1 heterocycles. The highest BCUT2D eigenvalue weighted by molar-refractivity contribution is 7.89. The largest absolute Gasteiger partial charge is 0.497 e. The molecule has 1 aliphatic rings. The summed E-state index contributed by atoms with van der Waals surface area (Å²) < 4.78 is 32.3. The van der Waals surface area contributed by atoms with Crippen molar-refractivity contribution in [1.82, 2.24) is 9.29 Å². The predicted molar refractivity (Wildman–Crippen MR) is 116 cm³/mol. The number of aromatic amines is 1. The molecular weight excluding hydrogens is 402 g/mol. The van der Waals surface area contributed by atoms with Gasteiger partial charge >= 0.3 is 0 Å². The van der Waals surface area contributed by atoms with Gasteiger partial charge in [0.25, 0.3) is 0 Å². The quantitative estimate of drug-likeness (QED) is 0.631. The van der Waals surface area contributed by atoms with Crippen LogP contribution in [-0.4, -0.2) is 44.3 Å². The third kappa shape index (κ3) is 3.93. The molecule has 4 rings (SSSR count). The number of H-pyrrole nitrogens is 1. The molecule has 30 heavy (non-hydrogen) atoms. The van der Waals surface area contributed by atoms with E-state index in [-0.39, 0.29) is 11.4 Å². The number of anilines is 1. The van der Waals surface area contributed by atoms with Crippen molar-refractivity contribution in [3.8, 4) is 5.75 Å². The van der Waals surface area contributed by atoms with Gasteiger partial charge in [0.05, 0.1) is 18.6 Å². The number of sulfonamides is 1. The van der Waals surface area contributed by atoms with Gasteiger partial charge in [0, 0.05) is 35.4 Å². The van der Waals surface area contributed by atoms with E-state index in [2.05, 4.69) is 10.3 Å². The molecule has 0 aliphatic heterocycles. The summed E-state index contributed by atoms with van der Waals surface area (Å²) in [6.45, 7) is -0.289. The van der Waals surface area contributed by atoms with Crippen molar-refractivity contribution in [3.63, 3.8) is 0 Å². The minimum absolute atomic E-state index is 0.194. The van der Waals surface area contributed by atoms with E-state index in [0.717, 1.165) is 40.9 Å². The number of aromatic nitrogens is 1. The summed E-state index contributed by atoms with van der Waals surface area (Å²) in [4.78, 5) is 16.0. The molecule has 0 fully saturated rings. The van der Waals surface area contributed by atoms with Crippen LogP contribution in [0.4, 0.5) is 5.69 Å². The molecule has 0 unspecified atom stereocenters. The Balaban J connectivity index is 1.53. The van der Waals surface area contributed by atoms with E-state index in [4.69, 9.17) is 4.74 Å². The number of aryl methyl sites for hydroxylation is 2. The number of ether oxygens (including phenoxy) is 1. The Hall–Kier alpha value is -2.84. The molecule has 8 heteroatoms. The zero-order valence-corrected chi connectivity index (χ0v) is 17.9. The Bertz CT molecular complexity index is 1200. The lowest BCUT2D eigenvalue weighted by Gasteiger charge is -2.17. The molecular formula is C22H25N3O4S. The van der Waals surface area contributed by atoms with Crippen LogP contribution in [0.1, 0.15) is 24.1 Å². The van der Waals surface area contributed by atoms with E-state index >= 15 is 0 Å². The van der Waals surface area contributed by atoms with Crippen LogP contribution in [0, 0.1) is 0 Å². The molecule has 3 aromatic rings. The molecule has 0 bridgehead atoms. The Morgan fingerprint density at radius 1 is 1.17 bits per heavy atom. The van der Waals surface area contributed by atoms with E-state index in [1.54, 1.807) is 43.5 Å². The van der Waals surface area contributed by atoms with E-state index in [1.165, 1.54) is 18.3 Å². The highest BCUT2D eigenvalue weighted by Gasteiger charge is 2.25. The van der Waals surface area contributed by atoms with Gasteiger partial charge in [-0.15, -0.1) is 0 Å². The number of nitrogens with one attached hydrogen (secondary N) is 2. The van der Waals surface area contributed by atoms with Crippen LogP contribution in [-0.2, 0) is 27.7 Å². The lowest BCUT2D eigenvalue weighted by atomic mass is 9.96. The second kappa shape index (κ2) is 8.12. The molecule has 0 saturated carbocycles. The number of hydrogen-bond acceptors (Lipinski definition) is 4. The number of likely N-dealkylation sites (N-methyl/N-ethyl adjacent to an activating group) is 1. The normalized spacial score (nSPS) is 14.0. The molecule has 1 amide bonds. The molecule has 7 nitrogen and oxygen atoms in total. The maximum absolute atomic E-state index is 13.1. The maximum atomic E-state index is 13.1. The van der Waals surface area contributed by atoms with Crippen molar-refractivity contribution in [2.75, 3.05) is 26.0 Å². The molecule has 1 aromatic heterocycles. The lowest BCUT2D eigenvalue weighted by Crippen LogP contribution is -2.34. The van der Waals surface area contributed by atoms with Crippen LogP contribution < -0.4 is 10.1 Å². The number of benzene rings is 2. The van der Waals surface area contributed by atoms with Gasteiger partial charge in [-0.05, 0) is 61.6 Å². The van der Waals surface area contributed by atoms with Gasteiger partial charge in [-0.3, -0.25) is 4.79 Å². The Morgan fingerprint density at radius 2 is 1.97 bits per heavy atom. The first-order valence-electron chi connectivity index (χ1n) is 9.92. The SMILES string of the molecule is COc1cccc(NC(=O)CN(C)S(=O)(=O)c2ccc3[nH]c4c(c3c2)CCCC4)c1. The van der Waals surface area contributed by atoms with Crippen LogP contribution in [0.3, 0.4) is 0 Å². The van der Waals surface area contributed by atoms with Crippen LogP contribution in [0.15, 0.2) is 47.4 Å². The Kier molecular flexibility index (Phi) is 5.53. The standard InChI is InChI=1S/C22H25N3O4S/c1-25(14-22(26)23-15-6-5-7-16(12-15)29-2)30(27,28)17-10-11-21-19(13-17)18-8-3-4-9-20(18)24-21/h5-7,10-13,24H,3-4,8-9,14H2,1-2H3,(H,23,26). The predicted octanol–water partition coefficient (Wildman–Crippen LogP) is 3.31. The van der Waals surface area contributed by atoms with E-state index in [1.807, 2.05) is 6.07 Å². The number of hydrogen-bond donors (Lipinski definition) is 2. The molecule has 0 saturated heterocycles. The summed E-state index contributed by atoms with van der Waals surface area (Å²) in [7, 11) is -0.846. The summed E-state index contributed by atoms with van der Waals surface area (Å²) >= 11 is 0. The van der Waals surface area contributed by atoms with Gasteiger partial charge in [-0.2, -0.15) is 4.31 Å². The summed E-state index contributed by atoms with van der Waals surface area (Å²) in [6, 6.07) is 12.0. The Labute approximate surface area is 176 Å². The fourth-order valence-electron chi connectivity index (χ4n) is 3.91. The number of fused-ring (bicyclic) bond motifs is 3. The first-order chi connectivity index (χ1) is 14.4. The van der Waals surface area contributed by atoms with Crippen molar-refractivity contribution in [3.05, 3.63) is 53.7 Å². The summed E-state index contributed by atoms with van der Waals surface area (Å²) in [5.41, 5.74) is 3.92. The number of carbonyl (C=O) groups is 1. The molecule has 2 aromatic carbocycles. The highest BCUT2D eigenvalue weighted by atomic mass is 32.2. The molecule has 0 radical (unpaired) electrons. The number of carbonyl (C=O) groups excluding carboxylic acids is 1. The molecule has 0 atom stereocenters. The maximum Gasteiger partial charge on any atom is 0.243 e. The third-order valence-electron chi connectivity index (χ3n) is 5.50. The van der Waals surface area contributed by atoms with Crippen LogP contribution in [0.5, 0.6) is 5.75 Å². The van der Waals surface area contributed by atoms with Crippen LogP contribution >= 0.6 is 0 Å². The second-order valence-corrected chi connectivity index (χ2v) is 9.58. The molecule has 158 valence electrons. The molecule has 2 N–H and O–H groups in total. The zero-order chi connectivity index (χ0) is 21.3. The number of rotatable bonds is 6. The Morgan fingerprint density at radius 3 is 2.77 bits per heavy atom. The fraction of sp³-hybridized carbons (Fsp3) is 0.318. The minimum Gasteiger partial charge on any atom is -0.497 e. The molecule has 0 spiro atoms. The average Bonchev–Trinajstić information content (AvgIpc) is 3.11. The van der Waals surface area contributed by atoms with Crippen molar-refractivity contribution < 1.29 is 17.9 Å². The number of methoxy groups -OCH3 is 1. The highest BCUT2D eigenvalue weighted by Crippen LogP contribution is 2.31. The number of nitrogens with zero attached hydrogens (tertiary/aromatic N) is 1. The van der Waals surface area contributed by atoms with Crippen molar-refractivity contribution in [2.45, 2.75) is 30.6 Å². The molecule has 1 aliphatic carbocycles.